The quantitative estimate of drug-likeness (QED) is 0.906. The molecule has 0 amide bonds. The third kappa shape index (κ3) is 2.90. The lowest BCUT2D eigenvalue weighted by atomic mass is 9.68. The molecular formula is C16H22N2O. The van der Waals surface area contributed by atoms with Crippen LogP contribution in [-0.2, 0) is 5.41 Å². The van der Waals surface area contributed by atoms with Crippen LogP contribution in [0.25, 0.3) is 0 Å². The van der Waals surface area contributed by atoms with E-state index in [4.69, 9.17) is 4.74 Å². The Morgan fingerprint density at radius 1 is 1.42 bits per heavy atom. The second-order valence-corrected chi connectivity index (χ2v) is 5.89. The van der Waals surface area contributed by atoms with E-state index in [0.717, 1.165) is 30.7 Å². The minimum absolute atomic E-state index is 0.00437. The SMILES string of the molecule is CCOc1cccc(C2(C#N)CCNC(C)(C)C2)c1. The van der Waals surface area contributed by atoms with Crippen LogP contribution in [0.1, 0.15) is 39.2 Å². The highest BCUT2D eigenvalue weighted by Crippen LogP contribution is 2.39. The van der Waals surface area contributed by atoms with E-state index in [1.807, 2.05) is 31.2 Å². The molecule has 1 N–H and O–H groups in total. The predicted octanol–water partition coefficient (Wildman–Crippen LogP) is 3.01. The van der Waals surface area contributed by atoms with Crippen molar-refractivity contribution < 1.29 is 4.74 Å². The lowest BCUT2D eigenvalue weighted by Gasteiger charge is -2.42. The first-order valence-electron chi connectivity index (χ1n) is 6.91. The van der Waals surface area contributed by atoms with Crippen LogP contribution in [-0.4, -0.2) is 18.7 Å². The molecule has 1 aromatic rings. The normalized spacial score (nSPS) is 25.6. The van der Waals surface area contributed by atoms with Crippen LogP contribution < -0.4 is 10.1 Å². The highest BCUT2D eigenvalue weighted by Gasteiger charge is 2.41. The molecule has 0 radical (unpaired) electrons. The van der Waals surface area contributed by atoms with Crippen molar-refractivity contribution in [3.05, 3.63) is 29.8 Å². The largest absolute Gasteiger partial charge is 0.494 e. The molecule has 0 aliphatic carbocycles. The molecule has 1 fully saturated rings. The summed E-state index contributed by atoms with van der Waals surface area (Å²) in [6, 6.07) is 10.6. The van der Waals surface area contributed by atoms with Crippen molar-refractivity contribution in [3.63, 3.8) is 0 Å². The maximum atomic E-state index is 9.73. The van der Waals surface area contributed by atoms with Crippen molar-refractivity contribution in [1.82, 2.24) is 5.32 Å². The zero-order valence-corrected chi connectivity index (χ0v) is 12.0. The summed E-state index contributed by atoms with van der Waals surface area (Å²) >= 11 is 0. The van der Waals surface area contributed by atoms with Crippen molar-refractivity contribution in [2.45, 2.75) is 44.6 Å². The molecule has 2 rings (SSSR count). The van der Waals surface area contributed by atoms with Gasteiger partial charge >= 0.3 is 0 Å². The summed E-state index contributed by atoms with van der Waals surface area (Å²) in [5.74, 6) is 0.853. The number of rotatable bonds is 3. The Morgan fingerprint density at radius 3 is 2.84 bits per heavy atom. The van der Waals surface area contributed by atoms with Gasteiger partial charge in [0.1, 0.15) is 5.75 Å². The third-order valence-electron chi connectivity index (χ3n) is 3.81. The third-order valence-corrected chi connectivity index (χ3v) is 3.81. The smallest absolute Gasteiger partial charge is 0.119 e. The average Bonchev–Trinajstić information content (AvgIpc) is 2.38. The second kappa shape index (κ2) is 5.22. The van der Waals surface area contributed by atoms with Gasteiger partial charge in [0.2, 0.25) is 0 Å². The van der Waals surface area contributed by atoms with Gasteiger partial charge in [-0.25, -0.2) is 0 Å². The number of benzene rings is 1. The fraction of sp³-hybridized carbons (Fsp3) is 0.562. The standard InChI is InChI=1S/C16H22N2O/c1-4-19-14-7-5-6-13(10-14)16(12-17)8-9-18-15(2,3)11-16/h5-7,10,18H,4,8-9,11H2,1-3H3. The van der Waals surface area contributed by atoms with Crippen LogP contribution in [0.15, 0.2) is 24.3 Å². The van der Waals surface area contributed by atoms with E-state index in [0.29, 0.717) is 6.61 Å². The van der Waals surface area contributed by atoms with Gasteiger partial charge in [0.25, 0.3) is 0 Å². The Labute approximate surface area is 115 Å². The second-order valence-electron chi connectivity index (χ2n) is 5.89. The van der Waals surface area contributed by atoms with E-state index < -0.39 is 5.41 Å². The maximum absolute atomic E-state index is 9.73. The number of nitrogens with one attached hydrogen (secondary N) is 1. The average molecular weight is 258 g/mol. The van der Waals surface area contributed by atoms with Crippen LogP contribution in [0.2, 0.25) is 0 Å². The lowest BCUT2D eigenvalue weighted by Crippen LogP contribution is -2.52. The molecule has 0 saturated carbocycles. The molecule has 0 bridgehead atoms. The number of piperidine rings is 1. The van der Waals surface area contributed by atoms with Gasteiger partial charge in [0.15, 0.2) is 0 Å². The number of nitrogens with zero attached hydrogens (tertiary/aromatic N) is 1. The highest BCUT2D eigenvalue weighted by molar-refractivity contribution is 5.39. The summed E-state index contributed by atoms with van der Waals surface area (Å²) in [5, 5.41) is 13.2. The van der Waals surface area contributed by atoms with Gasteiger partial charge < -0.3 is 10.1 Å². The number of ether oxygens (including phenoxy) is 1. The molecule has 1 atom stereocenters. The maximum Gasteiger partial charge on any atom is 0.119 e. The number of nitriles is 1. The Morgan fingerprint density at radius 2 is 2.21 bits per heavy atom. The van der Waals surface area contributed by atoms with E-state index in [1.54, 1.807) is 0 Å². The van der Waals surface area contributed by atoms with Crippen LogP contribution in [0.3, 0.4) is 0 Å². The van der Waals surface area contributed by atoms with Crippen molar-refractivity contribution in [1.29, 1.82) is 5.26 Å². The van der Waals surface area contributed by atoms with E-state index in [-0.39, 0.29) is 5.54 Å². The number of hydrogen-bond donors (Lipinski definition) is 1. The molecule has 3 heteroatoms. The lowest BCUT2D eigenvalue weighted by molar-refractivity contribution is 0.233. The predicted molar refractivity (Wildman–Crippen MR) is 76.2 cm³/mol. The van der Waals surface area contributed by atoms with Crippen LogP contribution in [0.4, 0.5) is 0 Å². The molecule has 102 valence electrons. The minimum Gasteiger partial charge on any atom is -0.494 e. The van der Waals surface area contributed by atoms with Gasteiger partial charge in [0, 0.05) is 5.54 Å². The molecule has 0 aromatic heterocycles. The Kier molecular flexibility index (Phi) is 3.82. The van der Waals surface area contributed by atoms with E-state index in [2.05, 4.69) is 25.2 Å². The van der Waals surface area contributed by atoms with Gasteiger partial charge in [-0.1, -0.05) is 12.1 Å². The summed E-state index contributed by atoms with van der Waals surface area (Å²) in [7, 11) is 0. The minimum atomic E-state index is -0.401. The summed E-state index contributed by atoms with van der Waals surface area (Å²) in [4.78, 5) is 0. The number of hydrogen-bond acceptors (Lipinski definition) is 3. The summed E-state index contributed by atoms with van der Waals surface area (Å²) < 4.78 is 5.55. The zero-order valence-electron chi connectivity index (χ0n) is 12.0. The monoisotopic (exact) mass is 258 g/mol. The fourth-order valence-corrected chi connectivity index (χ4v) is 2.98. The van der Waals surface area contributed by atoms with Gasteiger partial charge in [0.05, 0.1) is 18.1 Å². The van der Waals surface area contributed by atoms with E-state index in [1.165, 1.54) is 0 Å². The first kappa shape index (κ1) is 13.9. The Bertz CT molecular complexity index is 490. The summed E-state index contributed by atoms with van der Waals surface area (Å²) in [5.41, 5.74) is 0.674. The molecule has 3 nitrogen and oxygen atoms in total. The topological polar surface area (TPSA) is 45.0 Å². The van der Waals surface area contributed by atoms with Gasteiger partial charge in [-0.05, 0) is 57.9 Å². The molecule has 1 heterocycles. The van der Waals surface area contributed by atoms with E-state index in [9.17, 15) is 5.26 Å². The molecule has 1 aromatic carbocycles. The first-order chi connectivity index (χ1) is 9.01. The zero-order chi connectivity index (χ0) is 13.9. The van der Waals surface area contributed by atoms with Gasteiger partial charge in [-0.2, -0.15) is 5.26 Å². The molecule has 1 aliphatic heterocycles. The van der Waals surface area contributed by atoms with Crippen molar-refractivity contribution >= 4 is 0 Å². The summed E-state index contributed by atoms with van der Waals surface area (Å²) in [6.07, 6.45) is 1.68. The molecular weight excluding hydrogens is 236 g/mol. The molecule has 1 saturated heterocycles. The highest BCUT2D eigenvalue weighted by atomic mass is 16.5. The Balaban J connectivity index is 2.36. The van der Waals surface area contributed by atoms with Gasteiger partial charge in [-0.15, -0.1) is 0 Å². The molecule has 19 heavy (non-hydrogen) atoms. The van der Waals surface area contributed by atoms with Crippen LogP contribution in [0, 0.1) is 11.3 Å². The first-order valence-corrected chi connectivity index (χ1v) is 6.91. The van der Waals surface area contributed by atoms with E-state index >= 15 is 0 Å². The molecule has 0 spiro atoms. The Hall–Kier alpha value is -1.53. The summed E-state index contributed by atoms with van der Waals surface area (Å²) in [6.45, 7) is 7.81. The van der Waals surface area contributed by atoms with Crippen LogP contribution >= 0.6 is 0 Å². The van der Waals surface area contributed by atoms with Crippen molar-refractivity contribution in [2.75, 3.05) is 13.2 Å². The van der Waals surface area contributed by atoms with Crippen molar-refractivity contribution in [2.24, 2.45) is 0 Å². The van der Waals surface area contributed by atoms with Crippen LogP contribution in [0.5, 0.6) is 5.75 Å². The molecule has 1 unspecified atom stereocenters. The fourth-order valence-electron chi connectivity index (χ4n) is 2.98. The van der Waals surface area contributed by atoms with Crippen molar-refractivity contribution in [3.8, 4) is 11.8 Å². The molecule has 1 aliphatic rings. The van der Waals surface area contributed by atoms with Gasteiger partial charge in [-0.3, -0.25) is 0 Å².